The Morgan fingerprint density at radius 1 is 1.14 bits per heavy atom. The van der Waals surface area contributed by atoms with Crippen molar-refractivity contribution < 1.29 is 10.2 Å². The fourth-order valence-electron chi connectivity index (χ4n) is 2.01. The molecule has 0 heterocycles. The molecule has 0 aliphatic heterocycles. The molecule has 1 rings (SSSR count). The molecule has 2 unspecified atom stereocenters. The molecule has 2 heteroatoms. The molecule has 1 aliphatic carbocycles. The molecule has 2 N–H and O–H groups in total. The van der Waals surface area contributed by atoms with Crippen molar-refractivity contribution in [1.82, 2.24) is 0 Å². The standard InChI is InChI=1S/C10H20O.C2H6O/c1-2-3-4-6-9-7-5-8-10(9)11;1-2-3/h9-11H,2-8H2,1H3;3H,2H2,1H3. The van der Waals surface area contributed by atoms with Gasteiger partial charge in [0.2, 0.25) is 0 Å². The summed E-state index contributed by atoms with van der Waals surface area (Å²) in [4.78, 5) is 0. The molecule has 0 radical (unpaired) electrons. The third-order valence-corrected chi connectivity index (χ3v) is 2.80. The van der Waals surface area contributed by atoms with E-state index >= 15 is 0 Å². The number of unbranched alkanes of at least 4 members (excludes halogenated alkanes) is 2. The summed E-state index contributed by atoms with van der Waals surface area (Å²) < 4.78 is 0. The second-order valence-electron chi connectivity index (χ2n) is 4.07. The van der Waals surface area contributed by atoms with Gasteiger partial charge >= 0.3 is 0 Å². The number of hydrogen-bond acceptors (Lipinski definition) is 2. The van der Waals surface area contributed by atoms with Gasteiger partial charge in [-0.1, -0.05) is 32.6 Å². The van der Waals surface area contributed by atoms with Gasteiger partial charge in [-0.25, -0.2) is 0 Å². The highest BCUT2D eigenvalue weighted by Gasteiger charge is 2.23. The Morgan fingerprint density at radius 3 is 2.21 bits per heavy atom. The summed E-state index contributed by atoms with van der Waals surface area (Å²) >= 11 is 0. The van der Waals surface area contributed by atoms with Crippen LogP contribution in [0.4, 0.5) is 0 Å². The minimum Gasteiger partial charge on any atom is -0.397 e. The highest BCUT2D eigenvalue weighted by molar-refractivity contribution is 4.76. The first kappa shape index (κ1) is 13.9. The lowest BCUT2D eigenvalue weighted by Crippen LogP contribution is -2.12. The van der Waals surface area contributed by atoms with Gasteiger partial charge in [-0.2, -0.15) is 0 Å². The van der Waals surface area contributed by atoms with Crippen molar-refractivity contribution in [1.29, 1.82) is 0 Å². The van der Waals surface area contributed by atoms with Gasteiger partial charge in [0.25, 0.3) is 0 Å². The SMILES string of the molecule is CCCCCC1CCCC1O.CCO. The van der Waals surface area contributed by atoms with Crippen LogP contribution < -0.4 is 0 Å². The Labute approximate surface area is 88.3 Å². The molecule has 86 valence electrons. The maximum atomic E-state index is 9.49. The fraction of sp³-hybridized carbons (Fsp3) is 1.00. The Bertz CT molecular complexity index is 115. The van der Waals surface area contributed by atoms with Crippen LogP contribution in [0.25, 0.3) is 0 Å². The Kier molecular flexibility index (Phi) is 9.42. The summed E-state index contributed by atoms with van der Waals surface area (Å²) in [5, 5.41) is 17.1. The predicted octanol–water partition coefficient (Wildman–Crippen LogP) is 2.73. The monoisotopic (exact) mass is 202 g/mol. The quantitative estimate of drug-likeness (QED) is 0.688. The van der Waals surface area contributed by atoms with Crippen LogP contribution in [0.5, 0.6) is 0 Å². The van der Waals surface area contributed by atoms with Gasteiger partial charge < -0.3 is 10.2 Å². The van der Waals surface area contributed by atoms with Crippen LogP contribution in [0, 0.1) is 5.92 Å². The van der Waals surface area contributed by atoms with E-state index in [-0.39, 0.29) is 12.7 Å². The van der Waals surface area contributed by atoms with Crippen LogP contribution in [0.1, 0.15) is 58.8 Å². The first-order valence-corrected chi connectivity index (χ1v) is 6.05. The van der Waals surface area contributed by atoms with Crippen LogP contribution >= 0.6 is 0 Å². The van der Waals surface area contributed by atoms with Crippen LogP contribution in [-0.4, -0.2) is 22.9 Å². The lowest BCUT2D eigenvalue weighted by Gasteiger charge is -2.12. The van der Waals surface area contributed by atoms with Crippen LogP contribution in [-0.2, 0) is 0 Å². The molecule has 0 spiro atoms. The molecule has 2 atom stereocenters. The average molecular weight is 202 g/mol. The normalized spacial score (nSPS) is 25.7. The van der Waals surface area contributed by atoms with E-state index in [0.717, 1.165) is 6.42 Å². The van der Waals surface area contributed by atoms with Gasteiger partial charge in [0.1, 0.15) is 0 Å². The Hall–Kier alpha value is -0.0800. The summed E-state index contributed by atoms with van der Waals surface area (Å²) in [6.45, 7) is 4.16. The molecule has 1 saturated carbocycles. The zero-order chi connectivity index (χ0) is 10.8. The minimum absolute atomic E-state index is 0.0341. The maximum Gasteiger partial charge on any atom is 0.0568 e. The molecule has 14 heavy (non-hydrogen) atoms. The lowest BCUT2D eigenvalue weighted by molar-refractivity contribution is 0.126. The third-order valence-electron chi connectivity index (χ3n) is 2.80. The van der Waals surface area contributed by atoms with Crippen LogP contribution in [0.15, 0.2) is 0 Å². The van der Waals surface area contributed by atoms with E-state index in [1.54, 1.807) is 6.92 Å². The van der Waals surface area contributed by atoms with Crippen molar-refractivity contribution in [3.05, 3.63) is 0 Å². The molecule has 0 saturated heterocycles. The van der Waals surface area contributed by atoms with E-state index in [1.807, 2.05) is 0 Å². The van der Waals surface area contributed by atoms with E-state index < -0.39 is 0 Å². The number of hydrogen-bond donors (Lipinski definition) is 2. The van der Waals surface area contributed by atoms with Gasteiger partial charge in [-0.3, -0.25) is 0 Å². The number of aliphatic hydroxyl groups is 2. The Morgan fingerprint density at radius 2 is 1.79 bits per heavy atom. The van der Waals surface area contributed by atoms with Gasteiger partial charge in [0.15, 0.2) is 0 Å². The summed E-state index contributed by atoms with van der Waals surface area (Å²) in [6.07, 6.45) is 8.81. The third kappa shape index (κ3) is 6.39. The molecule has 1 aliphatic rings. The largest absolute Gasteiger partial charge is 0.397 e. The van der Waals surface area contributed by atoms with Crippen molar-refractivity contribution in [3.63, 3.8) is 0 Å². The molecular formula is C12H26O2. The summed E-state index contributed by atoms with van der Waals surface area (Å²) in [5.74, 6) is 0.640. The smallest absolute Gasteiger partial charge is 0.0568 e. The first-order valence-electron chi connectivity index (χ1n) is 6.05. The first-order chi connectivity index (χ1) is 6.76. The predicted molar refractivity (Wildman–Crippen MR) is 60.2 cm³/mol. The second kappa shape index (κ2) is 9.47. The van der Waals surface area contributed by atoms with Crippen molar-refractivity contribution in [2.24, 2.45) is 5.92 Å². The summed E-state index contributed by atoms with van der Waals surface area (Å²) in [6, 6.07) is 0. The van der Waals surface area contributed by atoms with E-state index in [0.29, 0.717) is 5.92 Å². The van der Waals surface area contributed by atoms with E-state index in [1.165, 1.54) is 38.5 Å². The highest BCUT2D eigenvalue weighted by Crippen LogP contribution is 2.29. The van der Waals surface area contributed by atoms with Crippen LogP contribution in [0.2, 0.25) is 0 Å². The average Bonchev–Trinajstić information content (AvgIpc) is 2.54. The summed E-state index contributed by atoms with van der Waals surface area (Å²) in [5.41, 5.74) is 0. The van der Waals surface area contributed by atoms with Crippen molar-refractivity contribution >= 4 is 0 Å². The Balaban J connectivity index is 0.000000500. The number of aliphatic hydroxyl groups excluding tert-OH is 2. The molecule has 0 aromatic heterocycles. The van der Waals surface area contributed by atoms with Crippen molar-refractivity contribution in [2.45, 2.75) is 64.9 Å². The van der Waals surface area contributed by atoms with E-state index in [2.05, 4.69) is 6.92 Å². The molecule has 0 aromatic rings. The molecule has 2 nitrogen and oxygen atoms in total. The molecule has 1 fully saturated rings. The zero-order valence-electron chi connectivity index (χ0n) is 9.71. The van der Waals surface area contributed by atoms with Crippen molar-refractivity contribution in [2.75, 3.05) is 6.61 Å². The molecule has 0 aromatic carbocycles. The van der Waals surface area contributed by atoms with Gasteiger partial charge in [-0.15, -0.1) is 0 Å². The lowest BCUT2D eigenvalue weighted by atomic mass is 9.98. The van der Waals surface area contributed by atoms with Gasteiger partial charge in [0.05, 0.1) is 6.10 Å². The molecule has 0 bridgehead atoms. The topological polar surface area (TPSA) is 40.5 Å². The maximum absolute atomic E-state index is 9.49. The number of rotatable bonds is 4. The minimum atomic E-state index is 0.0341. The van der Waals surface area contributed by atoms with E-state index in [4.69, 9.17) is 5.11 Å². The highest BCUT2D eigenvalue weighted by atomic mass is 16.3. The second-order valence-corrected chi connectivity index (χ2v) is 4.07. The van der Waals surface area contributed by atoms with E-state index in [9.17, 15) is 5.11 Å². The zero-order valence-corrected chi connectivity index (χ0v) is 9.71. The van der Waals surface area contributed by atoms with Gasteiger partial charge in [-0.05, 0) is 32.1 Å². The van der Waals surface area contributed by atoms with Gasteiger partial charge in [0, 0.05) is 6.61 Å². The fourth-order valence-corrected chi connectivity index (χ4v) is 2.01. The van der Waals surface area contributed by atoms with Crippen LogP contribution in [0.3, 0.4) is 0 Å². The molecular weight excluding hydrogens is 176 g/mol. The molecule has 0 amide bonds. The summed E-state index contributed by atoms with van der Waals surface area (Å²) in [7, 11) is 0. The van der Waals surface area contributed by atoms with Crippen molar-refractivity contribution in [3.8, 4) is 0 Å².